The molecular weight excluding hydrogens is 190 g/mol. The number of guanidine groups is 1. The van der Waals surface area contributed by atoms with Crippen LogP contribution in [0.1, 0.15) is 33.1 Å². The zero-order chi connectivity index (χ0) is 11.3. The Bertz CT molecular complexity index is 202. The number of nitrogens with zero attached hydrogens (tertiary/aromatic N) is 2. The SMILES string of the molecule is C[C@@H]1CCC[C@H](C)N1CCNN=C(N)N. The van der Waals surface area contributed by atoms with E-state index in [4.69, 9.17) is 11.5 Å². The lowest BCUT2D eigenvalue weighted by atomic mass is 9.98. The third-order valence-electron chi connectivity index (χ3n) is 3.07. The van der Waals surface area contributed by atoms with E-state index in [9.17, 15) is 0 Å². The molecule has 1 rings (SSSR count). The fourth-order valence-electron chi connectivity index (χ4n) is 2.24. The van der Waals surface area contributed by atoms with E-state index in [-0.39, 0.29) is 5.96 Å². The first-order chi connectivity index (χ1) is 7.11. The molecule has 0 radical (unpaired) electrons. The van der Waals surface area contributed by atoms with Gasteiger partial charge in [-0.3, -0.25) is 4.90 Å². The number of nitrogens with one attached hydrogen (secondary N) is 1. The van der Waals surface area contributed by atoms with E-state index in [0.29, 0.717) is 12.1 Å². The zero-order valence-electron chi connectivity index (χ0n) is 9.74. The topological polar surface area (TPSA) is 79.7 Å². The van der Waals surface area contributed by atoms with E-state index in [1.807, 2.05) is 0 Å². The molecule has 15 heavy (non-hydrogen) atoms. The van der Waals surface area contributed by atoms with Crippen LogP contribution < -0.4 is 16.9 Å². The molecule has 0 aromatic rings. The van der Waals surface area contributed by atoms with Crippen LogP contribution in [-0.4, -0.2) is 36.0 Å². The summed E-state index contributed by atoms with van der Waals surface area (Å²) in [6.45, 7) is 6.37. The Balaban J connectivity index is 2.26. The summed E-state index contributed by atoms with van der Waals surface area (Å²) in [6.07, 6.45) is 3.94. The number of hydrogen-bond donors (Lipinski definition) is 3. The fraction of sp³-hybridized carbons (Fsp3) is 0.900. The molecule has 5 N–H and O–H groups in total. The van der Waals surface area contributed by atoms with Crippen LogP contribution in [-0.2, 0) is 0 Å². The van der Waals surface area contributed by atoms with Crippen LogP contribution in [0.15, 0.2) is 5.10 Å². The fourth-order valence-corrected chi connectivity index (χ4v) is 2.24. The first-order valence-corrected chi connectivity index (χ1v) is 5.68. The molecule has 0 aliphatic carbocycles. The van der Waals surface area contributed by atoms with E-state index in [0.717, 1.165) is 13.1 Å². The molecule has 0 saturated carbocycles. The molecule has 0 bridgehead atoms. The largest absolute Gasteiger partial charge is 0.369 e. The van der Waals surface area contributed by atoms with Gasteiger partial charge >= 0.3 is 0 Å². The van der Waals surface area contributed by atoms with Gasteiger partial charge in [0.15, 0.2) is 0 Å². The Morgan fingerprint density at radius 3 is 2.47 bits per heavy atom. The summed E-state index contributed by atoms with van der Waals surface area (Å²) >= 11 is 0. The van der Waals surface area contributed by atoms with Crippen molar-refractivity contribution >= 4 is 5.96 Å². The van der Waals surface area contributed by atoms with Crippen molar-refractivity contribution in [2.24, 2.45) is 16.6 Å². The molecule has 2 atom stereocenters. The highest BCUT2D eigenvalue weighted by molar-refractivity contribution is 5.75. The Hall–Kier alpha value is -0.970. The van der Waals surface area contributed by atoms with Gasteiger partial charge in [-0.1, -0.05) is 6.42 Å². The van der Waals surface area contributed by atoms with Crippen molar-refractivity contribution in [2.45, 2.75) is 45.2 Å². The van der Waals surface area contributed by atoms with Gasteiger partial charge in [0.1, 0.15) is 0 Å². The molecule has 0 amide bonds. The molecular formula is C10H23N5. The van der Waals surface area contributed by atoms with Crippen molar-refractivity contribution < 1.29 is 0 Å². The van der Waals surface area contributed by atoms with Crippen LogP contribution in [0, 0.1) is 0 Å². The summed E-state index contributed by atoms with van der Waals surface area (Å²) < 4.78 is 0. The van der Waals surface area contributed by atoms with Crippen molar-refractivity contribution in [2.75, 3.05) is 13.1 Å². The highest BCUT2D eigenvalue weighted by Crippen LogP contribution is 2.21. The lowest BCUT2D eigenvalue weighted by Gasteiger charge is -2.38. The maximum atomic E-state index is 5.22. The third-order valence-corrected chi connectivity index (χ3v) is 3.07. The number of piperidine rings is 1. The van der Waals surface area contributed by atoms with Gasteiger partial charge < -0.3 is 16.9 Å². The van der Waals surface area contributed by atoms with Crippen molar-refractivity contribution in [1.82, 2.24) is 10.3 Å². The number of rotatable bonds is 4. The second-order valence-corrected chi connectivity index (χ2v) is 4.31. The number of likely N-dealkylation sites (tertiary alicyclic amines) is 1. The second kappa shape index (κ2) is 5.80. The molecule has 88 valence electrons. The molecule has 1 saturated heterocycles. The standard InChI is InChI=1S/C10H23N5/c1-8-4-3-5-9(2)15(8)7-6-13-14-10(11)12/h8-9,13H,3-7H2,1-2H3,(H4,11,12,14)/t8-,9+. The quantitative estimate of drug-likeness (QED) is 0.266. The number of hydrogen-bond acceptors (Lipinski definition) is 3. The highest BCUT2D eigenvalue weighted by atomic mass is 15.3. The number of nitrogens with two attached hydrogens (primary N) is 2. The van der Waals surface area contributed by atoms with Crippen molar-refractivity contribution in [1.29, 1.82) is 0 Å². The monoisotopic (exact) mass is 213 g/mol. The van der Waals surface area contributed by atoms with E-state index in [2.05, 4.69) is 29.3 Å². The molecule has 0 aromatic heterocycles. The van der Waals surface area contributed by atoms with Gasteiger partial charge in [0.25, 0.3) is 0 Å². The van der Waals surface area contributed by atoms with E-state index >= 15 is 0 Å². The maximum Gasteiger partial charge on any atom is 0.208 e. The van der Waals surface area contributed by atoms with Crippen LogP contribution >= 0.6 is 0 Å². The Kier molecular flexibility index (Phi) is 4.68. The normalized spacial score (nSPS) is 27.3. The summed E-state index contributed by atoms with van der Waals surface area (Å²) in [5, 5.41) is 3.75. The predicted octanol–water partition coefficient (Wildman–Crippen LogP) is 0.0273. The molecule has 5 heteroatoms. The van der Waals surface area contributed by atoms with Crippen molar-refractivity contribution in [3.63, 3.8) is 0 Å². The molecule has 5 nitrogen and oxygen atoms in total. The van der Waals surface area contributed by atoms with Crippen LogP contribution in [0.2, 0.25) is 0 Å². The molecule has 1 fully saturated rings. The van der Waals surface area contributed by atoms with Gasteiger partial charge in [-0.2, -0.15) is 0 Å². The minimum Gasteiger partial charge on any atom is -0.369 e. The Labute approximate surface area is 91.9 Å². The van der Waals surface area contributed by atoms with E-state index < -0.39 is 0 Å². The van der Waals surface area contributed by atoms with Gasteiger partial charge in [0.2, 0.25) is 5.96 Å². The minimum absolute atomic E-state index is 0.0924. The summed E-state index contributed by atoms with van der Waals surface area (Å²) in [6, 6.07) is 1.35. The lowest BCUT2D eigenvalue weighted by molar-refractivity contribution is 0.105. The van der Waals surface area contributed by atoms with E-state index in [1.54, 1.807) is 0 Å². The van der Waals surface area contributed by atoms with Crippen molar-refractivity contribution in [3.05, 3.63) is 0 Å². The van der Waals surface area contributed by atoms with Crippen LogP contribution in [0.5, 0.6) is 0 Å². The molecule has 0 aromatic carbocycles. The first kappa shape index (κ1) is 12.1. The van der Waals surface area contributed by atoms with Crippen LogP contribution in [0.25, 0.3) is 0 Å². The summed E-state index contributed by atoms with van der Waals surface area (Å²) in [4.78, 5) is 2.51. The average molecular weight is 213 g/mol. The lowest BCUT2D eigenvalue weighted by Crippen LogP contribution is -2.46. The molecule has 1 aliphatic rings. The summed E-state index contributed by atoms with van der Waals surface area (Å²) in [5.74, 6) is 0.0924. The Morgan fingerprint density at radius 2 is 1.93 bits per heavy atom. The van der Waals surface area contributed by atoms with Gasteiger partial charge in [-0.05, 0) is 26.7 Å². The summed E-state index contributed by atoms with van der Waals surface area (Å²) in [5.41, 5.74) is 13.3. The predicted molar refractivity (Wildman–Crippen MR) is 63.3 cm³/mol. The minimum atomic E-state index is 0.0924. The second-order valence-electron chi connectivity index (χ2n) is 4.31. The Morgan fingerprint density at radius 1 is 1.33 bits per heavy atom. The van der Waals surface area contributed by atoms with Gasteiger partial charge in [0, 0.05) is 25.2 Å². The number of hydrazone groups is 1. The molecule has 0 unspecified atom stereocenters. The van der Waals surface area contributed by atoms with Gasteiger partial charge in [-0.25, -0.2) is 0 Å². The van der Waals surface area contributed by atoms with E-state index in [1.165, 1.54) is 19.3 Å². The van der Waals surface area contributed by atoms with Gasteiger partial charge in [-0.15, -0.1) is 5.10 Å². The summed E-state index contributed by atoms with van der Waals surface area (Å²) in [7, 11) is 0. The highest BCUT2D eigenvalue weighted by Gasteiger charge is 2.23. The molecule has 1 heterocycles. The maximum absolute atomic E-state index is 5.22. The van der Waals surface area contributed by atoms with Crippen LogP contribution in [0.3, 0.4) is 0 Å². The third kappa shape index (κ3) is 3.95. The van der Waals surface area contributed by atoms with Gasteiger partial charge in [0.05, 0.1) is 0 Å². The van der Waals surface area contributed by atoms with Crippen LogP contribution in [0.4, 0.5) is 0 Å². The first-order valence-electron chi connectivity index (χ1n) is 5.68. The molecule has 1 aliphatic heterocycles. The zero-order valence-corrected chi connectivity index (χ0v) is 9.74. The smallest absolute Gasteiger partial charge is 0.208 e. The van der Waals surface area contributed by atoms with Crippen molar-refractivity contribution in [3.8, 4) is 0 Å². The average Bonchev–Trinajstić information content (AvgIpc) is 2.15. The molecule has 0 spiro atoms.